The van der Waals surface area contributed by atoms with Crippen molar-refractivity contribution < 1.29 is 17.6 Å². The molecule has 4 nitrogen and oxygen atoms in total. The summed E-state index contributed by atoms with van der Waals surface area (Å²) in [5, 5.41) is 6.49. The second-order valence-electron chi connectivity index (χ2n) is 2.15. The van der Waals surface area contributed by atoms with Crippen LogP contribution < -0.4 is 5.73 Å². The third-order valence-corrected chi connectivity index (χ3v) is 1.10. The maximum absolute atomic E-state index is 11.6. The Hall–Kier alpha value is -1.27. The monoisotopic (exact) mass is 181 g/mol. The molecule has 0 saturated carbocycles. The van der Waals surface area contributed by atoms with Crippen LogP contribution in [0.4, 0.5) is 19.2 Å². The fourth-order valence-electron chi connectivity index (χ4n) is 0.616. The lowest BCUT2D eigenvalue weighted by molar-refractivity contribution is -0.134. The lowest BCUT2D eigenvalue weighted by Crippen LogP contribution is -2.08. The minimum Gasteiger partial charge on any atom is -0.408 e. The van der Waals surface area contributed by atoms with Crippen molar-refractivity contribution in [3.63, 3.8) is 0 Å². The van der Waals surface area contributed by atoms with Gasteiger partial charge < -0.3 is 10.2 Å². The fraction of sp³-hybridized carbons (Fsp3) is 0.600. The van der Waals surface area contributed by atoms with E-state index in [2.05, 4.69) is 14.6 Å². The number of aromatic nitrogens is 2. The molecule has 7 heteroatoms. The van der Waals surface area contributed by atoms with Crippen LogP contribution in [0.25, 0.3) is 0 Å². The molecule has 1 rings (SSSR count). The Morgan fingerprint density at radius 2 is 2.00 bits per heavy atom. The van der Waals surface area contributed by atoms with Crippen molar-refractivity contribution >= 4 is 6.01 Å². The predicted octanol–water partition coefficient (Wildman–Crippen LogP) is 1.15. The van der Waals surface area contributed by atoms with Crippen LogP contribution in [-0.2, 0) is 6.42 Å². The van der Waals surface area contributed by atoms with Gasteiger partial charge in [0.15, 0.2) is 0 Å². The van der Waals surface area contributed by atoms with Crippen molar-refractivity contribution in [3.8, 4) is 0 Å². The van der Waals surface area contributed by atoms with E-state index < -0.39 is 12.6 Å². The zero-order chi connectivity index (χ0) is 9.19. The largest absolute Gasteiger partial charge is 0.408 e. The highest BCUT2D eigenvalue weighted by molar-refractivity contribution is 5.04. The van der Waals surface area contributed by atoms with Crippen LogP contribution >= 0.6 is 0 Å². The van der Waals surface area contributed by atoms with Crippen LogP contribution in [0.3, 0.4) is 0 Å². The molecule has 0 aliphatic heterocycles. The normalized spacial score (nSPS) is 11.9. The van der Waals surface area contributed by atoms with E-state index in [1.54, 1.807) is 0 Å². The highest BCUT2D eigenvalue weighted by Crippen LogP contribution is 2.21. The van der Waals surface area contributed by atoms with Crippen LogP contribution in [0.15, 0.2) is 4.42 Å². The lowest BCUT2D eigenvalue weighted by Gasteiger charge is -2.01. The Morgan fingerprint density at radius 1 is 1.33 bits per heavy atom. The van der Waals surface area contributed by atoms with Crippen molar-refractivity contribution in [3.05, 3.63) is 5.89 Å². The van der Waals surface area contributed by atoms with Gasteiger partial charge in [0.25, 0.3) is 0 Å². The first-order chi connectivity index (χ1) is 5.47. The van der Waals surface area contributed by atoms with Gasteiger partial charge in [-0.1, -0.05) is 5.10 Å². The Kier molecular flexibility index (Phi) is 2.20. The summed E-state index contributed by atoms with van der Waals surface area (Å²) in [5.74, 6) is -0.0928. The first-order valence-corrected chi connectivity index (χ1v) is 3.12. The minimum absolute atomic E-state index is 0.0928. The second kappa shape index (κ2) is 3.00. The van der Waals surface area contributed by atoms with Gasteiger partial charge in [0.1, 0.15) is 0 Å². The van der Waals surface area contributed by atoms with E-state index in [1.165, 1.54) is 0 Å². The van der Waals surface area contributed by atoms with Crippen LogP contribution in [0.1, 0.15) is 12.3 Å². The SMILES string of the molecule is Nc1nnc(CCC(F)(F)F)o1. The number of halogens is 3. The summed E-state index contributed by atoms with van der Waals surface area (Å²) in [6.45, 7) is 0. The third kappa shape index (κ3) is 2.77. The maximum atomic E-state index is 11.6. The van der Waals surface area contributed by atoms with Gasteiger partial charge in [0, 0.05) is 6.42 Å². The van der Waals surface area contributed by atoms with Gasteiger partial charge in [0.05, 0.1) is 6.42 Å². The number of hydrogen-bond donors (Lipinski definition) is 1. The van der Waals surface area contributed by atoms with Gasteiger partial charge in [-0.2, -0.15) is 13.2 Å². The Labute approximate surface area is 65.6 Å². The highest BCUT2D eigenvalue weighted by atomic mass is 19.4. The van der Waals surface area contributed by atoms with E-state index in [-0.39, 0.29) is 18.3 Å². The van der Waals surface area contributed by atoms with E-state index in [0.29, 0.717) is 0 Å². The van der Waals surface area contributed by atoms with E-state index >= 15 is 0 Å². The molecule has 1 aromatic heterocycles. The molecule has 2 N–H and O–H groups in total. The number of alkyl halides is 3. The zero-order valence-electron chi connectivity index (χ0n) is 5.93. The van der Waals surface area contributed by atoms with Gasteiger partial charge in [-0.15, -0.1) is 5.10 Å². The molecule has 12 heavy (non-hydrogen) atoms. The molecule has 0 unspecified atom stereocenters. The molecule has 0 amide bonds. The minimum atomic E-state index is -4.21. The van der Waals surface area contributed by atoms with Crippen molar-refractivity contribution in [2.45, 2.75) is 19.0 Å². The van der Waals surface area contributed by atoms with Crippen LogP contribution in [0.2, 0.25) is 0 Å². The molecule has 1 heterocycles. The topological polar surface area (TPSA) is 64.9 Å². The van der Waals surface area contributed by atoms with Crippen molar-refractivity contribution in [2.75, 3.05) is 5.73 Å². The van der Waals surface area contributed by atoms with Gasteiger partial charge in [-0.3, -0.25) is 0 Å². The number of nitrogens with zero attached hydrogens (tertiary/aromatic N) is 2. The summed E-state index contributed by atoms with van der Waals surface area (Å²) in [5.41, 5.74) is 5.00. The molecule has 68 valence electrons. The molecule has 1 aromatic rings. The molecule has 0 saturated heterocycles. The maximum Gasteiger partial charge on any atom is 0.389 e. The smallest absolute Gasteiger partial charge is 0.389 e. The van der Waals surface area contributed by atoms with Crippen LogP contribution in [0.5, 0.6) is 0 Å². The molecule has 0 radical (unpaired) electrons. The van der Waals surface area contributed by atoms with Gasteiger partial charge >= 0.3 is 12.2 Å². The number of hydrogen-bond acceptors (Lipinski definition) is 4. The highest BCUT2D eigenvalue weighted by Gasteiger charge is 2.27. The first kappa shape index (κ1) is 8.82. The van der Waals surface area contributed by atoms with Crippen molar-refractivity contribution in [1.29, 1.82) is 0 Å². The van der Waals surface area contributed by atoms with E-state index in [1.807, 2.05) is 0 Å². The van der Waals surface area contributed by atoms with Crippen LogP contribution in [0, 0.1) is 0 Å². The molecular weight excluding hydrogens is 175 g/mol. The summed E-state index contributed by atoms with van der Waals surface area (Å²) in [7, 11) is 0. The summed E-state index contributed by atoms with van der Waals surface area (Å²) < 4.78 is 39.4. The van der Waals surface area contributed by atoms with E-state index in [4.69, 9.17) is 5.73 Å². The average Bonchev–Trinajstić information content (AvgIpc) is 2.30. The van der Waals surface area contributed by atoms with Crippen LogP contribution in [-0.4, -0.2) is 16.4 Å². The molecule has 0 bridgehead atoms. The number of nitrogens with two attached hydrogens (primary N) is 1. The Bertz CT molecular complexity index is 257. The zero-order valence-corrected chi connectivity index (χ0v) is 5.93. The number of aryl methyl sites for hydroxylation is 1. The van der Waals surface area contributed by atoms with E-state index in [0.717, 1.165) is 0 Å². The molecule has 0 aromatic carbocycles. The first-order valence-electron chi connectivity index (χ1n) is 3.12. The van der Waals surface area contributed by atoms with Gasteiger partial charge in [0.2, 0.25) is 5.89 Å². The van der Waals surface area contributed by atoms with Crippen molar-refractivity contribution in [2.24, 2.45) is 0 Å². The van der Waals surface area contributed by atoms with Gasteiger partial charge in [-0.25, -0.2) is 0 Å². The number of anilines is 1. The van der Waals surface area contributed by atoms with Crippen molar-refractivity contribution in [1.82, 2.24) is 10.2 Å². The number of nitrogen functional groups attached to an aromatic ring is 1. The molecule has 0 fully saturated rings. The Morgan fingerprint density at radius 3 is 2.42 bits per heavy atom. The molecular formula is C5H6F3N3O. The summed E-state index contributed by atoms with van der Waals surface area (Å²) in [6, 6.07) is -0.216. The molecule has 0 spiro atoms. The fourth-order valence-corrected chi connectivity index (χ4v) is 0.616. The molecule has 0 aliphatic rings. The molecule has 0 atom stereocenters. The second-order valence-corrected chi connectivity index (χ2v) is 2.15. The summed E-state index contributed by atoms with van der Waals surface area (Å²) in [6.07, 6.45) is -5.51. The quantitative estimate of drug-likeness (QED) is 0.743. The standard InChI is InChI=1S/C5H6F3N3O/c6-5(7,8)2-1-3-10-11-4(9)12-3/h1-2H2,(H2,9,11). The lowest BCUT2D eigenvalue weighted by atomic mass is 10.3. The van der Waals surface area contributed by atoms with E-state index in [9.17, 15) is 13.2 Å². The summed E-state index contributed by atoms with van der Waals surface area (Å²) >= 11 is 0. The summed E-state index contributed by atoms with van der Waals surface area (Å²) in [4.78, 5) is 0. The Balaban J connectivity index is 2.44. The number of rotatable bonds is 2. The predicted molar refractivity (Wildman–Crippen MR) is 33.1 cm³/mol. The average molecular weight is 181 g/mol. The van der Waals surface area contributed by atoms with Gasteiger partial charge in [-0.05, 0) is 0 Å². The molecule has 0 aliphatic carbocycles. The third-order valence-electron chi connectivity index (χ3n) is 1.10.